The smallest absolute Gasteiger partial charge is 0.0645 e. The molecular weight excluding hydrogens is 260 g/mol. The van der Waals surface area contributed by atoms with Crippen LogP contribution in [0.3, 0.4) is 0 Å². The third-order valence-corrected chi connectivity index (χ3v) is 3.79. The van der Waals surface area contributed by atoms with Gasteiger partial charge in [-0.1, -0.05) is 26.8 Å². The van der Waals surface area contributed by atoms with Gasteiger partial charge in [0.15, 0.2) is 0 Å². The maximum absolute atomic E-state index is 6.04. The Bertz CT molecular complexity index is 559. The highest BCUT2D eigenvalue weighted by molar-refractivity contribution is 5.80. The molecule has 0 aliphatic carbocycles. The summed E-state index contributed by atoms with van der Waals surface area (Å²) in [7, 11) is 0. The van der Waals surface area contributed by atoms with Gasteiger partial charge in [-0.2, -0.15) is 0 Å². The lowest BCUT2D eigenvalue weighted by Gasteiger charge is -2.10. The van der Waals surface area contributed by atoms with Crippen LogP contribution in [-0.4, -0.2) is 23.8 Å². The van der Waals surface area contributed by atoms with Crippen LogP contribution in [0.4, 0.5) is 0 Å². The van der Waals surface area contributed by atoms with Gasteiger partial charge < -0.3 is 15.0 Å². The van der Waals surface area contributed by atoms with Crippen molar-refractivity contribution >= 4 is 10.9 Å². The summed E-state index contributed by atoms with van der Waals surface area (Å²) in [5.74, 6) is 0.594. The summed E-state index contributed by atoms with van der Waals surface area (Å²) in [6, 6.07) is 9.10. The molecule has 1 unspecified atom stereocenters. The molecule has 2 N–H and O–H groups in total. The normalized spacial score (nSPS) is 13.2. The van der Waals surface area contributed by atoms with E-state index in [1.807, 2.05) is 0 Å². The molecule has 1 atom stereocenters. The van der Waals surface area contributed by atoms with Crippen molar-refractivity contribution in [3.05, 3.63) is 36.0 Å². The number of nitrogens with two attached hydrogens (primary N) is 1. The van der Waals surface area contributed by atoms with Crippen LogP contribution in [-0.2, 0) is 17.7 Å². The van der Waals surface area contributed by atoms with Crippen molar-refractivity contribution < 1.29 is 4.74 Å². The molecule has 1 aromatic heterocycles. The van der Waals surface area contributed by atoms with E-state index in [2.05, 4.69) is 55.8 Å². The Morgan fingerprint density at radius 1 is 1.24 bits per heavy atom. The van der Waals surface area contributed by atoms with Crippen molar-refractivity contribution in [1.29, 1.82) is 0 Å². The average Bonchev–Trinajstić information content (AvgIpc) is 2.85. The molecule has 1 heterocycles. The summed E-state index contributed by atoms with van der Waals surface area (Å²) in [6.07, 6.45) is 4.12. The van der Waals surface area contributed by atoms with E-state index in [0.29, 0.717) is 5.92 Å². The Morgan fingerprint density at radius 2 is 2.05 bits per heavy atom. The predicted molar refractivity (Wildman–Crippen MR) is 89.6 cm³/mol. The van der Waals surface area contributed by atoms with Crippen LogP contribution < -0.4 is 5.73 Å². The Labute approximate surface area is 128 Å². The lowest BCUT2D eigenvalue weighted by molar-refractivity contribution is 0.104. The minimum absolute atomic E-state index is 0.258. The number of benzene rings is 1. The monoisotopic (exact) mass is 288 g/mol. The molecule has 3 nitrogen and oxygen atoms in total. The maximum atomic E-state index is 6.04. The van der Waals surface area contributed by atoms with Gasteiger partial charge in [-0.25, -0.2) is 0 Å². The molecule has 116 valence electrons. The molecule has 3 heteroatoms. The summed E-state index contributed by atoms with van der Waals surface area (Å²) in [4.78, 5) is 0. The Morgan fingerprint density at radius 3 is 2.76 bits per heavy atom. The molecule has 0 bridgehead atoms. The Kier molecular flexibility index (Phi) is 5.83. The third-order valence-electron chi connectivity index (χ3n) is 3.79. The number of nitrogens with zero attached hydrogens (tertiary/aromatic N) is 1. The first kappa shape index (κ1) is 16.1. The predicted octanol–water partition coefficient (Wildman–Crippen LogP) is 3.59. The van der Waals surface area contributed by atoms with E-state index in [0.717, 1.165) is 32.6 Å². The van der Waals surface area contributed by atoms with Gasteiger partial charge in [0.1, 0.15) is 0 Å². The van der Waals surface area contributed by atoms with Gasteiger partial charge in [0.05, 0.1) is 6.61 Å². The van der Waals surface area contributed by atoms with Gasteiger partial charge in [-0.15, -0.1) is 0 Å². The van der Waals surface area contributed by atoms with Gasteiger partial charge in [0.2, 0.25) is 0 Å². The van der Waals surface area contributed by atoms with E-state index in [9.17, 15) is 0 Å². The largest absolute Gasteiger partial charge is 0.379 e. The van der Waals surface area contributed by atoms with Crippen molar-refractivity contribution in [2.45, 2.75) is 46.2 Å². The van der Waals surface area contributed by atoms with E-state index in [1.54, 1.807) is 0 Å². The molecule has 0 fully saturated rings. The van der Waals surface area contributed by atoms with Crippen LogP contribution in [0.15, 0.2) is 30.5 Å². The first-order valence-electron chi connectivity index (χ1n) is 8.01. The minimum atomic E-state index is 0.258. The number of fused-ring (bicyclic) bond motifs is 1. The van der Waals surface area contributed by atoms with Gasteiger partial charge >= 0.3 is 0 Å². The summed E-state index contributed by atoms with van der Waals surface area (Å²) >= 11 is 0. The minimum Gasteiger partial charge on any atom is -0.379 e. The highest BCUT2D eigenvalue weighted by Gasteiger charge is 2.05. The van der Waals surface area contributed by atoms with Gasteiger partial charge in [-0.05, 0) is 47.9 Å². The van der Waals surface area contributed by atoms with E-state index < -0.39 is 0 Å². The lowest BCUT2D eigenvalue weighted by Crippen LogP contribution is -2.21. The van der Waals surface area contributed by atoms with Gasteiger partial charge in [0, 0.05) is 30.9 Å². The molecule has 0 saturated carbocycles. The van der Waals surface area contributed by atoms with Crippen molar-refractivity contribution in [3.63, 3.8) is 0 Å². The lowest BCUT2D eigenvalue weighted by atomic mass is 10.0. The molecule has 2 aromatic rings. The zero-order valence-electron chi connectivity index (χ0n) is 13.5. The summed E-state index contributed by atoms with van der Waals surface area (Å²) in [5.41, 5.74) is 8.64. The van der Waals surface area contributed by atoms with Crippen LogP contribution >= 0.6 is 0 Å². The van der Waals surface area contributed by atoms with Crippen molar-refractivity contribution in [3.8, 4) is 0 Å². The van der Waals surface area contributed by atoms with Crippen LogP contribution in [0.25, 0.3) is 10.9 Å². The second-order valence-electron chi connectivity index (χ2n) is 6.24. The van der Waals surface area contributed by atoms with Crippen LogP contribution in [0, 0.1) is 5.92 Å². The molecule has 0 aliphatic rings. The van der Waals surface area contributed by atoms with Crippen molar-refractivity contribution in [2.24, 2.45) is 11.7 Å². The summed E-state index contributed by atoms with van der Waals surface area (Å²) < 4.78 is 7.93. The second-order valence-corrected chi connectivity index (χ2v) is 6.24. The van der Waals surface area contributed by atoms with E-state index >= 15 is 0 Å². The Balaban J connectivity index is 2.00. The van der Waals surface area contributed by atoms with E-state index in [1.165, 1.54) is 16.5 Å². The summed E-state index contributed by atoms with van der Waals surface area (Å²) in [5, 5.41) is 1.29. The Hall–Kier alpha value is -1.32. The number of aromatic nitrogens is 1. The quantitative estimate of drug-likeness (QED) is 0.754. The van der Waals surface area contributed by atoms with Crippen LogP contribution in [0.2, 0.25) is 0 Å². The fourth-order valence-corrected chi connectivity index (χ4v) is 2.50. The summed E-state index contributed by atoms with van der Waals surface area (Å²) in [6.45, 7) is 8.99. The number of hydrogen-bond donors (Lipinski definition) is 1. The van der Waals surface area contributed by atoms with Crippen LogP contribution in [0.1, 0.15) is 32.8 Å². The number of rotatable bonds is 8. The van der Waals surface area contributed by atoms with Gasteiger partial charge in [0.25, 0.3) is 0 Å². The second kappa shape index (κ2) is 7.62. The SMILES string of the molecule is CCC(N)Cc1ccc2c(ccn2CCOCC(C)C)c1. The highest BCUT2D eigenvalue weighted by atomic mass is 16.5. The van der Waals surface area contributed by atoms with Crippen molar-refractivity contribution in [1.82, 2.24) is 4.57 Å². The zero-order valence-corrected chi connectivity index (χ0v) is 13.5. The highest BCUT2D eigenvalue weighted by Crippen LogP contribution is 2.19. The molecule has 0 saturated heterocycles. The molecule has 0 aliphatic heterocycles. The topological polar surface area (TPSA) is 40.2 Å². The van der Waals surface area contributed by atoms with E-state index in [4.69, 9.17) is 10.5 Å². The van der Waals surface area contributed by atoms with Gasteiger partial charge in [-0.3, -0.25) is 0 Å². The molecule has 0 spiro atoms. The third kappa shape index (κ3) is 4.58. The fourth-order valence-electron chi connectivity index (χ4n) is 2.50. The first-order valence-corrected chi connectivity index (χ1v) is 8.01. The fraction of sp³-hybridized carbons (Fsp3) is 0.556. The van der Waals surface area contributed by atoms with Crippen LogP contribution in [0.5, 0.6) is 0 Å². The molecule has 2 rings (SSSR count). The standard InChI is InChI=1S/C18H28N2O/c1-4-17(19)12-15-5-6-18-16(11-15)7-8-20(18)9-10-21-13-14(2)3/h5-8,11,14,17H,4,9-10,12-13,19H2,1-3H3. The number of ether oxygens (including phenoxy) is 1. The zero-order chi connectivity index (χ0) is 15.2. The average molecular weight is 288 g/mol. The maximum Gasteiger partial charge on any atom is 0.0645 e. The van der Waals surface area contributed by atoms with E-state index in [-0.39, 0.29) is 6.04 Å². The molecule has 1 aromatic carbocycles. The molecule has 21 heavy (non-hydrogen) atoms. The first-order chi connectivity index (χ1) is 10.1. The molecule has 0 amide bonds. The molecular formula is C18H28N2O. The van der Waals surface area contributed by atoms with Crippen molar-refractivity contribution in [2.75, 3.05) is 13.2 Å². The number of hydrogen-bond acceptors (Lipinski definition) is 2. The molecule has 0 radical (unpaired) electrons.